The summed E-state index contributed by atoms with van der Waals surface area (Å²) in [5.74, 6) is 0.694. The van der Waals surface area contributed by atoms with Gasteiger partial charge in [-0.15, -0.1) is 5.10 Å². The van der Waals surface area contributed by atoms with Crippen molar-refractivity contribution in [2.75, 3.05) is 0 Å². The number of rotatable bonds is 2. The molecule has 0 unspecified atom stereocenters. The third-order valence-corrected chi connectivity index (χ3v) is 2.91. The summed E-state index contributed by atoms with van der Waals surface area (Å²) in [5.41, 5.74) is 1.53. The molecule has 1 saturated carbocycles. The van der Waals surface area contributed by atoms with Crippen LogP contribution in [0.15, 0.2) is 17.2 Å². The van der Waals surface area contributed by atoms with Gasteiger partial charge in [0.05, 0.1) is 12.4 Å². The molecule has 0 saturated heterocycles. The van der Waals surface area contributed by atoms with Crippen molar-refractivity contribution in [1.82, 2.24) is 19.4 Å². The maximum atomic E-state index is 12.0. The van der Waals surface area contributed by atoms with Crippen LogP contribution in [-0.2, 0) is 6.54 Å². The third kappa shape index (κ3) is 1.35. The SMILES string of the molecule is Cc1cn2nncc2c(=O)n1CC1CC1. The molecular weight excluding hydrogens is 192 g/mol. The minimum atomic E-state index is 0.0203. The van der Waals surface area contributed by atoms with Crippen molar-refractivity contribution < 1.29 is 0 Å². The Morgan fingerprint density at radius 2 is 2.33 bits per heavy atom. The van der Waals surface area contributed by atoms with Gasteiger partial charge in [0.25, 0.3) is 5.56 Å². The zero-order valence-corrected chi connectivity index (χ0v) is 8.55. The van der Waals surface area contributed by atoms with Crippen LogP contribution in [-0.4, -0.2) is 19.4 Å². The number of fused-ring (bicyclic) bond motifs is 1. The Labute approximate surface area is 86.3 Å². The van der Waals surface area contributed by atoms with Crippen LogP contribution in [0.1, 0.15) is 18.5 Å². The molecule has 78 valence electrons. The second-order valence-electron chi connectivity index (χ2n) is 4.19. The van der Waals surface area contributed by atoms with Gasteiger partial charge in [0.1, 0.15) is 0 Å². The molecule has 1 aliphatic carbocycles. The van der Waals surface area contributed by atoms with Gasteiger partial charge in [-0.1, -0.05) is 5.21 Å². The first-order chi connectivity index (χ1) is 7.25. The van der Waals surface area contributed by atoms with E-state index in [2.05, 4.69) is 10.3 Å². The fourth-order valence-electron chi connectivity index (χ4n) is 1.82. The minimum absolute atomic E-state index is 0.0203. The Morgan fingerprint density at radius 1 is 1.53 bits per heavy atom. The summed E-state index contributed by atoms with van der Waals surface area (Å²) < 4.78 is 3.37. The zero-order chi connectivity index (χ0) is 10.4. The van der Waals surface area contributed by atoms with E-state index < -0.39 is 0 Å². The molecule has 15 heavy (non-hydrogen) atoms. The Kier molecular flexibility index (Phi) is 1.68. The first-order valence-electron chi connectivity index (χ1n) is 5.16. The maximum Gasteiger partial charge on any atom is 0.278 e. The van der Waals surface area contributed by atoms with Gasteiger partial charge in [0.15, 0.2) is 5.52 Å². The Morgan fingerprint density at radius 3 is 3.07 bits per heavy atom. The van der Waals surface area contributed by atoms with Gasteiger partial charge in [-0.3, -0.25) is 4.79 Å². The molecule has 0 aromatic carbocycles. The summed E-state index contributed by atoms with van der Waals surface area (Å²) in [6.45, 7) is 2.78. The summed E-state index contributed by atoms with van der Waals surface area (Å²) in [6.07, 6.45) is 5.86. The molecule has 1 aliphatic rings. The summed E-state index contributed by atoms with van der Waals surface area (Å²) >= 11 is 0. The van der Waals surface area contributed by atoms with Crippen LogP contribution in [0.5, 0.6) is 0 Å². The first kappa shape index (κ1) is 8.64. The molecule has 2 heterocycles. The predicted octanol–water partition coefficient (Wildman–Crippen LogP) is 0.609. The topological polar surface area (TPSA) is 52.2 Å². The molecule has 0 radical (unpaired) electrons. The second-order valence-corrected chi connectivity index (χ2v) is 4.19. The lowest BCUT2D eigenvalue weighted by Gasteiger charge is -2.08. The van der Waals surface area contributed by atoms with Crippen molar-refractivity contribution in [2.24, 2.45) is 5.92 Å². The molecule has 3 rings (SSSR count). The van der Waals surface area contributed by atoms with Crippen molar-refractivity contribution in [1.29, 1.82) is 0 Å². The van der Waals surface area contributed by atoms with Crippen LogP contribution in [0.3, 0.4) is 0 Å². The van der Waals surface area contributed by atoms with Crippen molar-refractivity contribution in [3.05, 3.63) is 28.4 Å². The van der Waals surface area contributed by atoms with Crippen LogP contribution in [0.2, 0.25) is 0 Å². The van der Waals surface area contributed by atoms with Crippen LogP contribution in [0.4, 0.5) is 0 Å². The summed E-state index contributed by atoms with van der Waals surface area (Å²) in [6, 6.07) is 0. The Balaban J connectivity index is 2.21. The molecule has 0 N–H and O–H groups in total. The van der Waals surface area contributed by atoms with Crippen LogP contribution >= 0.6 is 0 Å². The van der Waals surface area contributed by atoms with E-state index in [-0.39, 0.29) is 5.56 Å². The molecule has 0 amide bonds. The van der Waals surface area contributed by atoms with Crippen molar-refractivity contribution >= 4 is 5.52 Å². The highest BCUT2D eigenvalue weighted by molar-refractivity contribution is 5.40. The van der Waals surface area contributed by atoms with Crippen LogP contribution in [0, 0.1) is 12.8 Å². The summed E-state index contributed by atoms with van der Waals surface area (Å²) in [7, 11) is 0. The average molecular weight is 204 g/mol. The second kappa shape index (κ2) is 2.92. The molecule has 0 spiro atoms. The fraction of sp³-hybridized carbons (Fsp3) is 0.500. The lowest BCUT2D eigenvalue weighted by atomic mass is 10.3. The molecule has 0 aliphatic heterocycles. The van der Waals surface area contributed by atoms with E-state index in [1.165, 1.54) is 19.0 Å². The van der Waals surface area contributed by atoms with Crippen molar-refractivity contribution in [2.45, 2.75) is 26.3 Å². The van der Waals surface area contributed by atoms with Gasteiger partial charge >= 0.3 is 0 Å². The van der Waals surface area contributed by atoms with E-state index in [1.54, 1.807) is 4.52 Å². The van der Waals surface area contributed by atoms with Gasteiger partial charge in [-0.05, 0) is 25.7 Å². The number of aromatic nitrogens is 4. The van der Waals surface area contributed by atoms with E-state index in [0.717, 1.165) is 12.2 Å². The van der Waals surface area contributed by atoms with Gasteiger partial charge in [-0.25, -0.2) is 4.52 Å². The monoisotopic (exact) mass is 204 g/mol. The number of aryl methyl sites for hydroxylation is 1. The molecule has 0 bridgehead atoms. The highest BCUT2D eigenvalue weighted by atomic mass is 16.1. The van der Waals surface area contributed by atoms with Gasteiger partial charge in [-0.2, -0.15) is 0 Å². The van der Waals surface area contributed by atoms with E-state index in [0.29, 0.717) is 11.4 Å². The highest BCUT2D eigenvalue weighted by Crippen LogP contribution is 2.30. The summed E-state index contributed by atoms with van der Waals surface area (Å²) in [5, 5.41) is 7.57. The quantitative estimate of drug-likeness (QED) is 0.720. The van der Waals surface area contributed by atoms with Crippen LogP contribution in [0.25, 0.3) is 5.52 Å². The largest absolute Gasteiger partial charge is 0.309 e. The smallest absolute Gasteiger partial charge is 0.278 e. The molecule has 0 atom stereocenters. The first-order valence-corrected chi connectivity index (χ1v) is 5.16. The summed E-state index contributed by atoms with van der Waals surface area (Å²) in [4.78, 5) is 12.0. The highest BCUT2D eigenvalue weighted by Gasteiger charge is 2.23. The Hall–Kier alpha value is -1.65. The lowest BCUT2D eigenvalue weighted by molar-refractivity contribution is 0.586. The predicted molar refractivity (Wildman–Crippen MR) is 54.7 cm³/mol. The maximum absolute atomic E-state index is 12.0. The fourth-order valence-corrected chi connectivity index (χ4v) is 1.82. The van der Waals surface area contributed by atoms with E-state index in [4.69, 9.17) is 0 Å². The minimum Gasteiger partial charge on any atom is -0.309 e. The lowest BCUT2D eigenvalue weighted by Crippen LogP contribution is -2.25. The van der Waals surface area contributed by atoms with E-state index in [1.807, 2.05) is 17.7 Å². The van der Waals surface area contributed by atoms with Crippen molar-refractivity contribution in [3.8, 4) is 0 Å². The average Bonchev–Trinajstić information content (AvgIpc) is 2.90. The van der Waals surface area contributed by atoms with E-state index in [9.17, 15) is 4.79 Å². The molecular formula is C10H12N4O. The van der Waals surface area contributed by atoms with Gasteiger partial charge in [0.2, 0.25) is 0 Å². The molecule has 1 fully saturated rings. The van der Waals surface area contributed by atoms with Crippen molar-refractivity contribution in [3.63, 3.8) is 0 Å². The molecule has 5 nitrogen and oxygen atoms in total. The molecule has 2 aromatic rings. The molecule has 2 aromatic heterocycles. The third-order valence-electron chi connectivity index (χ3n) is 2.91. The number of nitrogens with zero attached hydrogens (tertiary/aromatic N) is 4. The Bertz CT molecular complexity index is 564. The van der Waals surface area contributed by atoms with Gasteiger partial charge in [0, 0.05) is 12.2 Å². The zero-order valence-electron chi connectivity index (χ0n) is 8.55. The molecule has 5 heteroatoms. The van der Waals surface area contributed by atoms with Crippen LogP contribution < -0.4 is 5.56 Å². The number of hydrogen-bond donors (Lipinski definition) is 0. The normalized spacial score (nSPS) is 16.1. The van der Waals surface area contributed by atoms with Gasteiger partial charge < -0.3 is 4.57 Å². The number of hydrogen-bond acceptors (Lipinski definition) is 3. The van der Waals surface area contributed by atoms with E-state index >= 15 is 0 Å². The standard InChI is InChI=1S/C10H12N4O/c1-7-5-14-9(4-11-12-14)10(15)13(7)6-8-2-3-8/h4-5,8H,2-3,6H2,1H3.